The van der Waals surface area contributed by atoms with Crippen LogP contribution in [-0.2, 0) is 26.2 Å². The Hall–Kier alpha value is -3.01. The first kappa shape index (κ1) is 30.2. The SMILES string of the molecule is CCCCNC(=O)C(CC)N(Cc1cccc(C)c1)C(=O)CCCN(c1ccc(F)c(F)c1)S(C)(=O)=O. The average Bonchev–Trinajstić information content (AvgIpc) is 2.83. The summed E-state index contributed by atoms with van der Waals surface area (Å²) in [6.07, 6.45) is 3.24. The molecule has 37 heavy (non-hydrogen) atoms. The third-order valence-electron chi connectivity index (χ3n) is 5.99. The summed E-state index contributed by atoms with van der Waals surface area (Å²) < 4.78 is 52.7. The van der Waals surface area contributed by atoms with Gasteiger partial charge in [-0.25, -0.2) is 17.2 Å². The molecule has 1 unspecified atom stereocenters. The van der Waals surface area contributed by atoms with E-state index in [1.165, 1.54) is 6.07 Å². The van der Waals surface area contributed by atoms with E-state index in [9.17, 15) is 26.8 Å². The van der Waals surface area contributed by atoms with Crippen molar-refractivity contribution >= 4 is 27.5 Å². The van der Waals surface area contributed by atoms with Crippen molar-refractivity contribution in [2.24, 2.45) is 0 Å². The van der Waals surface area contributed by atoms with E-state index < -0.39 is 27.7 Å². The number of amides is 2. The van der Waals surface area contributed by atoms with E-state index in [1.54, 1.807) is 4.90 Å². The van der Waals surface area contributed by atoms with Gasteiger partial charge >= 0.3 is 0 Å². The molecule has 1 N–H and O–H groups in total. The number of benzene rings is 2. The zero-order valence-electron chi connectivity index (χ0n) is 22.0. The Labute approximate surface area is 218 Å². The second-order valence-electron chi connectivity index (χ2n) is 9.12. The maximum atomic E-state index is 13.7. The van der Waals surface area contributed by atoms with Crippen LogP contribution in [-0.4, -0.2) is 50.5 Å². The van der Waals surface area contributed by atoms with Crippen LogP contribution in [0.15, 0.2) is 42.5 Å². The van der Waals surface area contributed by atoms with Crippen LogP contribution in [0.3, 0.4) is 0 Å². The maximum Gasteiger partial charge on any atom is 0.242 e. The minimum atomic E-state index is -3.81. The molecule has 2 aromatic rings. The van der Waals surface area contributed by atoms with Crippen molar-refractivity contribution in [3.05, 3.63) is 65.2 Å². The van der Waals surface area contributed by atoms with Gasteiger partial charge in [-0.15, -0.1) is 0 Å². The van der Waals surface area contributed by atoms with Crippen molar-refractivity contribution in [3.8, 4) is 0 Å². The minimum Gasteiger partial charge on any atom is -0.354 e. The molecule has 0 aliphatic carbocycles. The van der Waals surface area contributed by atoms with Gasteiger partial charge in [-0.2, -0.15) is 0 Å². The van der Waals surface area contributed by atoms with Crippen LogP contribution >= 0.6 is 0 Å². The number of halogens is 2. The van der Waals surface area contributed by atoms with Crippen LogP contribution in [0, 0.1) is 18.6 Å². The normalized spacial score (nSPS) is 12.2. The first-order chi connectivity index (χ1) is 17.5. The van der Waals surface area contributed by atoms with Gasteiger partial charge in [0.15, 0.2) is 11.6 Å². The van der Waals surface area contributed by atoms with Crippen molar-refractivity contribution in [1.82, 2.24) is 10.2 Å². The number of aryl methyl sites for hydroxylation is 1. The second kappa shape index (κ2) is 14.1. The van der Waals surface area contributed by atoms with Gasteiger partial charge in [0.2, 0.25) is 21.8 Å². The fourth-order valence-corrected chi connectivity index (χ4v) is 5.03. The van der Waals surface area contributed by atoms with Crippen molar-refractivity contribution in [2.45, 2.75) is 65.5 Å². The summed E-state index contributed by atoms with van der Waals surface area (Å²) in [7, 11) is -3.81. The van der Waals surface area contributed by atoms with Crippen molar-refractivity contribution in [2.75, 3.05) is 23.7 Å². The molecule has 0 heterocycles. The molecule has 0 aliphatic rings. The highest BCUT2D eigenvalue weighted by Crippen LogP contribution is 2.22. The molecule has 1 atom stereocenters. The third-order valence-corrected chi connectivity index (χ3v) is 7.19. The summed E-state index contributed by atoms with van der Waals surface area (Å²) in [6, 6.07) is 9.86. The van der Waals surface area contributed by atoms with Gasteiger partial charge in [-0.05, 0) is 43.9 Å². The van der Waals surface area contributed by atoms with E-state index in [2.05, 4.69) is 5.32 Å². The molecule has 0 aliphatic heterocycles. The lowest BCUT2D eigenvalue weighted by molar-refractivity contribution is -0.141. The highest BCUT2D eigenvalue weighted by atomic mass is 32.2. The first-order valence-electron chi connectivity index (χ1n) is 12.5. The minimum absolute atomic E-state index is 0.0211. The van der Waals surface area contributed by atoms with E-state index in [-0.39, 0.29) is 43.4 Å². The highest BCUT2D eigenvalue weighted by Gasteiger charge is 2.29. The molecule has 0 radical (unpaired) electrons. The Balaban J connectivity index is 2.21. The Morgan fingerprint density at radius 2 is 1.76 bits per heavy atom. The molecule has 2 rings (SSSR count). The number of carbonyl (C=O) groups is 2. The zero-order valence-corrected chi connectivity index (χ0v) is 22.8. The van der Waals surface area contributed by atoms with Crippen LogP contribution in [0.4, 0.5) is 14.5 Å². The number of unbranched alkanes of at least 4 members (excludes halogenated alkanes) is 1. The Kier molecular flexibility index (Phi) is 11.5. The third kappa shape index (κ3) is 9.10. The molecule has 2 aromatic carbocycles. The Morgan fingerprint density at radius 1 is 1.03 bits per heavy atom. The first-order valence-corrected chi connectivity index (χ1v) is 14.4. The number of sulfonamides is 1. The molecule has 0 spiro atoms. The van der Waals surface area contributed by atoms with Gasteiger partial charge in [0.25, 0.3) is 0 Å². The number of nitrogens with one attached hydrogen (secondary N) is 1. The van der Waals surface area contributed by atoms with Gasteiger partial charge < -0.3 is 10.2 Å². The van der Waals surface area contributed by atoms with Crippen LogP contribution in [0.2, 0.25) is 0 Å². The van der Waals surface area contributed by atoms with E-state index >= 15 is 0 Å². The zero-order chi connectivity index (χ0) is 27.6. The predicted molar refractivity (Wildman–Crippen MR) is 142 cm³/mol. The van der Waals surface area contributed by atoms with Crippen molar-refractivity contribution in [3.63, 3.8) is 0 Å². The topological polar surface area (TPSA) is 86.8 Å². The average molecular weight is 538 g/mol. The molecular weight excluding hydrogens is 500 g/mol. The number of nitrogens with zero attached hydrogens (tertiary/aromatic N) is 2. The van der Waals surface area contributed by atoms with Crippen molar-refractivity contribution < 1.29 is 26.8 Å². The van der Waals surface area contributed by atoms with E-state index in [0.29, 0.717) is 13.0 Å². The Morgan fingerprint density at radius 3 is 2.35 bits per heavy atom. The molecule has 7 nitrogen and oxygen atoms in total. The van der Waals surface area contributed by atoms with E-state index in [1.807, 2.05) is 45.0 Å². The number of hydrogen-bond acceptors (Lipinski definition) is 4. The lowest BCUT2D eigenvalue weighted by Crippen LogP contribution is -2.49. The lowest BCUT2D eigenvalue weighted by Gasteiger charge is -2.31. The second-order valence-corrected chi connectivity index (χ2v) is 11.0. The number of carbonyl (C=O) groups excluding carboxylic acids is 2. The molecule has 0 saturated heterocycles. The summed E-state index contributed by atoms with van der Waals surface area (Å²) >= 11 is 0. The van der Waals surface area contributed by atoms with Gasteiger partial charge in [-0.1, -0.05) is 50.1 Å². The molecule has 204 valence electrons. The number of anilines is 1. The molecule has 0 aromatic heterocycles. The number of rotatable bonds is 14. The number of hydrogen-bond donors (Lipinski definition) is 1. The van der Waals surface area contributed by atoms with Crippen molar-refractivity contribution in [1.29, 1.82) is 0 Å². The molecular formula is C27H37F2N3O4S. The lowest BCUT2D eigenvalue weighted by atomic mass is 10.1. The van der Waals surface area contributed by atoms with Gasteiger partial charge in [0, 0.05) is 32.1 Å². The van der Waals surface area contributed by atoms with Crippen LogP contribution < -0.4 is 9.62 Å². The smallest absolute Gasteiger partial charge is 0.242 e. The van der Waals surface area contributed by atoms with E-state index in [4.69, 9.17) is 0 Å². The summed E-state index contributed by atoms with van der Waals surface area (Å²) in [6.45, 7) is 6.47. The quantitative estimate of drug-likeness (QED) is 0.359. The summed E-state index contributed by atoms with van der Waals surface area (Å²) in [5.74, 6) is -2.76. The predicted octanol–water partition coefficient (Wildman–Crippen LogP) is 4.54. The van der Waals surface area contributed by atoms with Crippen LogP contribution in [0.1, 0.15) is 57.1 Å². The summed E-state index contributed by atoms with van der Waals surface area (Å²) in [5, 5.41) is 2.91. The Bertz CT molecular complexity index is 1170. The fraction of sp³-hybridized carbons (Fsp3) is 0.481. The highest BCUT2D eigenvalue weighted by molar-refractivity contribution is 7.92. The molecule has 0 bridgehead atoms. The molecule has 0 fully saturated rings. The van der Waals surface area contributed by atoms with Gasteiger partial charge in [0.05, 0.1) is 11.9 Å². The monoisotopic (exact) mass is 537 g/mol. The molecule has 10 heteroatoms. The largest absolute Gasteiger partial charge is 0.354 e. The molecule has 2 amide bonds. The van der Waals surface area contributed by atoms with E-state index in [0.717, 1.165) is 46.7 Å². The van der Waals surface area contributed by atoms with Gasteiger partial charge in [-0.3, -0.25) is 13.9 Å². The van der Waals surface area contributed by atoms with Crippen LogP contribution in [0.5, 0.6) is 0 Å². The standard InChI is InChI=1S/C27H37F2N3O4S/c1-5-7-15-30-27(34)25(6-2)31(19-21-11-8-10-20(3)17-21)26(33)12-9-16-32(37(4,35)36)22-13-14-23(28)24(29)18-22/h8,10-11,13-14,17-18,25H,5-7,9,12,15-16,19H2,1-4H3,(H,30,34). The maximum absolute atomic E-state index is 13.7. The summed E-state index contributed by atoms with van der Waals surface area (Å²) in [5.41, 5.74) is 1.89. The summed E-state index contributed by atoms with van der Waals surface area (Å²) in [4.78, 5) is 27.9. The molecule has 0 saturated carbocycles. The fourth-order valence-electron chi connectivity index (χ4n) is 4.08. The van der Waals surface area contributed by atoms with Crippen LogP contribution in [0.25, 0.3) is 0 Å². The van der Waals surface area contributed by atoms with Gasteiger partial charge in [0.1, 0.15) is 6.04 Å².